The molecule has 3 aromatic rings. The third kappa shape index (κ3) is 4.93. The van der Waals surface area contributed by atoms with Gasteiger partial charge in [-0.05, 0) is 55.0 Å². The SMILES string of the molecule is CCCOC(=O)c1ccc(NC=C2C(=O)Oc3c(Nc4ccccc4)cccc3C2=O)cc1. The van der Waals surface area contributed by atoms with Crippen molar-refractivity contribution in [2.24, 2.45) is 0 Å². The smallest absolute Gasteiger partial charge is 0.349 e. The molecule has 7 nitrogen and oxygen atoms in total. The van der Waals surface area contributed by atoms with Crippen molar-refractivity contribution in [3.63, 3.8) is 0 Å². The zero-order valence-electron chi connectivity index (χ0n) is 18.0. The number of ether oxygens (including phenoxy) is 2. The number of ketones is 1. The molecule has 0 aromatic heterocycles. The second-order valence-corrected chi connectivity index (χ2v) is 7.31. The summed E-state index contributed by atoms with van der Waals surface area (Å²) in [6, 6.07) is 21.0. The maximum absolute atomic E-state index is 13.0. The highest BCUT2D eigenvalue weighted by Gasteiger charge is 2.32. The van der Waals surface area contributed by atoms with Gasteiger partial charge in [0.15, 0.2) is 5.75 Å². The lowest BCUT2D eigenvalue weighted by Gasteiger charge is -2.20. The quantitative estimate of drug-likeness (QED) is 0.228. The van der Waals surface area contributed by atoms with E-state index in [2.05, 4.69) is 10.6 Å². The van der Waals surface area contributed by atoms with Crippen LogP contribution in [0.5, 0.6) is 5.75 Å². The number of anilines is 3. The van der Waals surface area contributed by atoms with E-state index in [-0.39, 0.29) is 16.9 Å². The lowest BCUT2D eigenvalue weighted by Crippen LogP contribution is -2.26. The average Bonchev–Trinajstić information content (AvgIpc) is 2.84. The van der Waals surface area contributed by atoms with E-state index in [0.29, 0.717) is 23.5 Å². The highest BCUT2D eigenvalue weighted by molar-refractivity contribution is 6.28. The molecule has 0 fully saturated rings. The number of hydrogen-bond acceptors (Lipinski definition) is 7. The van der Waals surface area contributed by atoms with Gasteiger partial charge < -0.3 is 20.1 Å². The number of carbonyl (C=O) groups excluding carboxylic acids is 3. The molecule has 0 radical (unpaired) electrons. The van der Waals surface area contributed by atoms with Gasteiger partial charge in [0.1, 0.15) is 5.57 Å². The third-order valence-electron chi connectivity index (χ3n) is 4.91. The first-order valence-corrected chi connectivity index (χ1v) is 10.5. The highest BCUT2D eigenvalue weighted by Crippen LogP contribution is 2.36. The Balaban J connectivity index is 1.51. The summed E-state index contributed by atoms with van der Waals surface area (Å²) in [5, 5.41) is 6.09. The molecule has 4 rings (SSSR count). The van der Waals surface area contributed by atoms with E-state index in [1.165, 1.54) is 6.20 Å². The molecule has 0 bridgehead atoms. The van der Waals surface area contributed by atoms with Gasteiger partial charge in [0, 0.05) is 17.6 Å². The molecule has 0 spiro atoms. The maximum Gasteiger partial charge on any atom is 0.349 e. The number of Topliss-reactive ketones (excluding diaryl/α,β-unsaturated/α-hetero) is 1. The summed E-state index contributed by atoms with van der Waals surface area (Å²) in [7, 11) is 0. The molecule has 166 valence electrons. The topological polar surface area (TPSA) is 93.7 Å². The van der Waals surface area contributed by atoms with Crippen molar-refractivity contribution in [3.05, 3.63) is 95.7 Å². The fourth-order valence-corrected chi connectivity index (χ4v) is 3.25. The van der Waals surface area contributed by atoms with Crippen LogP contribution in [0.3, 0.4) is 0 Å². The number of rotatable bonds is 7. The van der Waals surface area contributed by atoms with Gasteiger partial charge in [-0.1, -0.05) is 31.2 Å². The van der Waals surface area contributed by atoms with Crippen LogP contribution in [0.15, 0.2) is 84.6 Å². The Labute approximate surface area is 191 Å². The Morgan fingerprint density at radius 1 is 0.939 bits per heavy atom. The molecule has 2 N–H and O–H groups in total. The van der Waals surface area contributed by atoms with E-state index in [9.17, 15) is 14.4 Å². The van der Waals surface area contributed by atoms with Gasteiger partial charge >= 0.3 is 11.9 Å². The lowest BCUT2D eigenvalue weighted by atomic mass is 9.99. The minimum atomic E-state index is -0.748. The molecule has 0 saturated carbocycles. The van der Waals surface area contributed by atoms with Crippen molar-refractivity contribution in [2.45, 2.75) is 13.3 Å². The Hall–Kier alpha value is -4.39. The highest BCUT2D eigenvalue weighted by atomic mass is 16.5. The molecule has 0 saturated heterocycles. The van der Waals surface area contributed by atoms with Crippen LogP contribution >= 0.6 is 0 Å². The molecule has 33 heavy (non-hydrogen) atoms. The van der Waals surface area contributed by atoms with Gasteiger partial charge in [0.25, 0.3) is 0 Å². The van der Waals surface area contributed by atoms with Crippen molar-refractivity contribution >= 4 is 34.8 Å². The molecule has 0 aliphatic carbocycles. The second-order valence-electron chi connectivity index (χ2n) is 7.31. The number of benzene rings is 3. The zero-order valence-corrected chi connectivity index (χ0v) is 18.0. The summed E-state index contributed by atoms with van der Waals surface area (Å²) >= 11 is 0. The van der Waals surface area contributed by atoms with Gasteiger partial charge in [-0.2, -0.15) is 0 Å². The summed E-state index contributed by atoms with van der Waals surface area (Å²) in [6.45, 7) is 2.28. The van der Waals surface area contributed by atoms with E-state index in [1.807, 2.05) is 37.3 Å². The van der Waals surface area contributed by atoms with Gasteiger partial charge in [-0.25, -0.2) is 9.59 Å². The van der Waals surface area contributed by atoms with Crippen molar-refractivity contribution in [2.75, 3.05) is 17.2 Å². The predicted molar refractivity (Wildman–Crippen MR) is 125 cm³/mol. The van der Waals surface area contributed by atoms with Crippen LogP contribution in [0.2, 0.25) is 0 Å². The summed E-state index contributed by atoms with van der Waals surface area (Å²) in [5.41, 5.74) is 2.52. The van der Waals surface area contributed by atoms with Crippen molar-refractivity contribution in [1.29, 1.82) is 0 Å². The van der Waals surface area contributed by atoms with E-state index in [4.69, 9.17) is 9.47 Å². The van der Waals surface area contributed by atoms with Crippen molar-refractivity contribution in [1.82, 2.24) is 0 Å². The molecule has 1 aliphatic rings. The molecule has 7 heteroatoms. The molecule has 0 amide bonds. The van der Waals surface area contributed by atoms with Crippen LogP contribution in [0.1, 0.15) is 34.1 Å². The van der Waals surface area contributed by atoms with Crippen LogP contribution in [0, 0.1) is 0 Å². The van der Waals surface area contributed by atoms with Crippen LogP contribution in [0.25, 0.3) is 0 Å². The van der Waals surface area contributed by atoms with Gasteiger partial charge in [-0.15, -0.1) is 0 Å². The summed E-state index contributed by atoms with van der Waals surface area (Å²) in [6.07, 6.45) is 2.06. The van der Waals surface area contributed by atoms with Crippen molar-refractivity contribution in [3.8, 4) is 5.75 Å². The lowest BCUT2D eigenvalue weighted by molar-refractivity contribution is -0.130. The van der Waals surface area contributed by atoms with Crippen LogP contribution in [-0.4, -0.2) is 24.3 Å². The Bertz CT molecular complexity index is 1220. The molecule has 0 atom stereocenters. The molecular weight excluding hydrogens is 420 g/mol. The Morgan fingerprint density at radius 3 is 2.42 bits per heavy atom. The molecular formula is C26H22N2O5. The largest absolute Gasteiger partial charge is 0.462 e. The van der Waals surface area contributed by atoms with E-state index in [0.717, 1.165) is 12.1 Å². The van der Waals surface area contributed by atoms with Gasteiger partial charge in [-0.3, -0.25) is 4.79 Å². The second kappa shape index (κ2) is 9.82. The molecule has 1 heterocycles. The normalized spacial score (nSPS) is 13.8. The first kappa shape index (κ1) is 21.8. The fourth-order valence-electron chi connectivity index (χ4n) is 3.25. The van der Waals surface area contributed by atoms with Gasteiger partial charge in [0.05, 0.1) is 23.4 Å². The van der Waals surface area contributed by atoms with E-state index < -0.39 is 17.7 Å². The molecule has 1 aliphatic heterocycles. The summed E-state index contributed by atoms with van der Waals surface area (Å²) in [5.74, 6) is -1.39. The summed E-state index contributed by atoms with van der Waals surface area (Å²) < 4.78 is 10.6. The van der Waals surface area contributed by atoms with E-state index >= 15 is 0 Å². The Kier molecular flexibility index (Phi) is 6.50. The predicted octanol–water partition coefficient (Wildman–Crippen LogP) is 5.09. The number of fused-ring (bicyclic) bond motifs is 1. The van der Waals surface area contributed by atoms with Crippen LogP contribution in [-0.2, 0) is 9.53 Å². The first-order chi connectivity index (χ1) is 16.1. The number of esters is 2. The van der Waals surface area contributed by atoms with Gasteiger partial charge in [0.2, 0.25) is 5.78 Å². The fraction of sp³-hybridized carbons (Fsp3) is 0.115. The van der Waals surface area contributed by atoms with Crippen LogP contribution in [0.4, 0.5) is 17.1 Å². The first-order valence-electron chi connectivity index (χ1n) is 10.5. The average molecular weight is 442 g/mol. The third-order valence-corrected chi connectivity index (χ3v) is 4.91. The molecule has 3 aromatic carbocycles. The number of carbonyl (C=O) groups is 3. The zero-order chi connectivity index (χ0) is 23.2. The monoisotopic (exact) mass is 442 g/mol. The number of para-hydroxylation sites is 2. The van der Waals surface area contributed by atoms with Crippen molar-refractivity contribution < 1.29 is 23.9 Å². The Morgan fingerprint density at radius 2 is 1.70 bits per heavy atom. The molecule has 0 unspecified atom stereocenters. The van der Waals surface area contributed by atoms with E-state index in [1.54, 1.807) is 42.5 Å². The number of hydrogen-bond donors (Lipinski definition) is 2. The van der Waals surface area contributed by atoms with Crippen LogP contribution < -0.4 is 15.4 Å². The maximum atomic E-state index is 13.0. The standard InChI is InChI=1S/C26H22N2O5/c1-2-15-32-25(30)17-11-13-18(14-12-17)27-16-21-23(29)20-9-6-10-22(24(20)33-26(21)31)28-19-7-4-3-5-8-19/h3-14,16,27-28H,2,15H2,1H3. The minimum Gasteiger partial charge on any atom is -0.462 e. The number of nitrogens with one attached hydrogen (secondary N) is 2. The minimum absolute atomic E-state index is 0.120. The summed E-state index contributed by atoms with van der Waals surface area (Å²) in [4.78, 5) is 37.5.